The number of hydrogen-bond acceptors (Lipinski definition) is 5. The number of benzene rings is 1. The van der Waals surface area contributed by atoms with E-state index in [1.165, 1.54) is 18.6 Å². The predicted molar refractivity (Wildman–Crippen MR) is 90.9 cm³/mol. The molecule has 1 unspecified atom stereocenters. The third-order valence-corrected chi connectivity index (χ3v) is 4.08. The van der Waals surface area contributed by atoms with Gasteiger partial charge in [0.2, 0.25) is 11.8 Å². The molecule has 3 rings (SSSR count). The largest absolute Gasteiger partial charge is 0.478 e. The Morgan fingerprint density at radius 3 is 2.71 bits per heavy atom. The molecule has 6 nitrogen and oxygen atoms in total. The highest BCUT2D eigenvalue weighted by Crippen LogP contribution is 2.25. The van der Waals surface area contributed by atoms with Gasteiger partial charge in [0.1, 0.15) is 5.75 Å². The van der Waals surface area contributed by atoms with Gasteiger partial charge in [-0.05, 0) is 49.9 Å². The number of nitrogens with zero attached hydrogens (tertiary/aromatic N) is 3. The summed E-state index contributed by atoms with van der Waals surface area (Å²) in [6, 6.07) is 8.06. The molecule has 2 heterocycles. The number of ether oxygens (including phenoxy) is 1. The summed E-state index contributed by atoms with van der Waals surface area (Å²) in [5.41, 5.74) is 1.07. The fraction of sp³-hybridized carbons (Fsp3) is 0.389. The van der Waals surface area contributed by atoms with Gasteiger partial charge < -0.3 is 14.7 Å². The Morgan fingerprint density at radius 2 is 2.04 bits per heavy atom. The van der Waals surface area contributed by atoms with Crippen LogP contribution in [0, 0.1) is 12.8 Å². The number of hydrogen-bond donors (Lipinski definition) is 1. The van der Waals surface area contributed by atoms with Gasteiger partial charge in [-0.2, -0.15) is 4.98 Å². The first-order chi connectivity index (χ1) is 11.5. The van der Waals surface area contributed by atoms with Crippen molar-refractivity contribution in [1.29, 1.82) is 0 Å². The van der Waals surface area contributed by atoms with E-state index >= 15 is 0 Å². The van der Waals surface area contributed by atoms with Crippen LogP contribution in [-0.2, 0) is 0 Å². The highest BCUT2D eigenvalue weighted by Gasteiger charge is 2.19. The molecule has 1 atom stereocenters. The van der Waals surface area contributed by atoms with Gasteiger partial charge in [-0.1, -0.05) is 6.92 Å². The molecular formula is C18H21N3O3. The lowest BCUT2D eigenvalue weighted by Gasteiger charge is -2.31. The Kier molecular flexibility index (Phi) is 4.64. The first kappa shape index (κ1) is 16.2. The molecule has 1 saturated heterocycles. The Labute approximate surface area is 141 Å². The molecule has 0 amide bonds. The second-order valence-electron chi connectivity index (χ2n) is 6.27. The van der Waals surface area contributed by atoms with Crippen LogP contribution in [0.4, 0.5) is 5.95 Å². The van der Waals surface area contributed by atoms with E-state index in [0.29, 0.717) is 23.5 Å². The SMILES string of the molecule is Cc1cc(Oc2ccc(C(=O)O)cc2)nc(N2CCCC(C)C2)n1. The second kappa shape index (κ2) is 6.86. The van der Waals surface area contributed by atoms with E-state index in [-0.39, 0.29) is 5.56 Å². The number of aromatic nitrogens is 2. The van der Waals surface area contributed by atoms with Gasteiger partial charge in [0.15, 0.2) is 0 Å². The lowest BCUT2D eigenvalue weighted by molar-refractivity contribution is 0.0697. The smallest absolute Gasteiger partial charge is 0.335 e. The van der Waals surface area contributed by atoms with E-state index in [1.54, 1.807) is 18.2 Å². The quantitative estimate of drug-likeness (QED) is 0.926. The lowest BCUT2D eigenvalue weighted by atomic mass is 10.0. The van der Waals surface area contributed by atoms with Crippen molar-refractivity contribution in [3.05, 3.63) is 41.6 Å². The third kappa shape index (κ3) is 3.82. The van der Waals surface area contributed by atoms with Gasteiger partial charge in [0.25, 0.3) is 0 Å². The number of rotatable bonds is 4. The number of carboxylic acids is 1. The van der Waals surface area contributed by atoms with Crippen LogP contribution in [0.15, 0.2) is 30.3 Å². The maximum atomic E-state index is 10.9. The molecule has 0 bridgehead atoms. The van der Waals surface area contributed by atoms with Crippen molar-refractivity contribution in [2.45, 2.75) is 26.7 Å². The molecule has 24 heavy (non-hydrogen) atoms. The minimum atomic E-state index is -0.957. The summed E-state index contributed by atoms with van der Waals surface area (Å²) < 4.78 is 5.78. The molecule has 0 saturated carbocycles. The number of carbonyl (C=O) groups is 1. The van der Waals surface area contributed by atoms with E-state index < -0.39 is 5.97 Å². The van der Waals surface area contributed by atoms with Crippen LogP contribution in [0.2, 0.25) is 0 Å². The van der Waals surface area contributed by atoms with Crippen LogP contribution in [0.5, 0.6) is 11.6 Å². The zero-order valence-electron chi connectivity index (χ0n) is 13.9. The average molecular weight is 327 g/mol. The first-order valence-corrected chi connectivity index (χ1v) is 8.13. The third-order valence-electron chi connectivity index (χ3n) is 4.08. The number of aromatic carboxylic acids is 1. The summed E-state index contributed by atoms with van der Waals surface area (Å²) in [5, 5.41) is 8.94. The van der Waals surface area contributed by atoms with Crippen molar-refractivity contribution in [2.24, 2.45) is 5.92 Å². The molecule has 1 N–H and O–H groups in total. The van der Waals surface area contributed by atoms with Gasteiger partial charge in [-0.15, -0.1) is 0 Å². The summed E-state index contributed by atoms with van der Waals surface area (Å²) in [5.74, 6) is 1.39. The minimum Gasteiger partial charge on any atom is -0.478 e. The van der Waals surface area contributed by atoms with Crippen LogP contribution < -0.4 is 9.64 Å². The van der Waals surface area contributed by atoms with Crippen LogP contribution in [0.1, 0.15) is 35.8 Å². The zero-order chi connectivity index (χ0) is 17.1. The molecule has 2 aromatic rings. The fourth-order valence-electron chi connectivity index (χ4n) is 2.88. The van der Waals surface area contributed by atoms with Crippen LogP contribution >= 0.6 is 0 Å². The van der Waals surface area contributed by atoms with E-state index in [2.05, 4.69) is 21.8 Å². The van der Waals surface area contributed by atoms with Crippen molar-refractivity contribution < 1.29 is 14.6 Å². The number of anilines is 1. The summed E-state index contributed by atoms with van der Waals surface area (Å²) in [6.07, 6.45) is 2.38. The van der Waals surface area contributed by atoms with E-state index in [0.717, 1.165) is 25.2 Å². The van der Waals surface area contributed by atoms with Crippen molar-refractivity contribution in [3.63, 3.8) is 0 Å². The molecule has 1 aliphatic rings. The summed E-state index contributed by atoms with van der Waals surface area (Å²) in [4.78, 5) is 22.1. The molecule has 1 fully saturated rings. The van der Waals surface area contributed by atoms with Gasteiger partial charge in [-0.25, -0.2) is 9.78 Å². The van der Waals surface area contributed by atoms with E-state index in [9.17, 15) is 4.79 Å². The normalized spacial score (nSPS) is 17.6. The van der Waals surface area contributed by atoms with Gasteiger partial charge in [0.05, 0.1) is 5.56 Å². The molecule has 0 aliphatic carbocycles. The highest BCUT2D eigenvalue weighted by atomic mass is 16.5. The minimum absolute atomic E-state index is 0.226. The summed E-state index contributed by atoms with van der Waals surface area (Å²) >= 11 is 0. The Morgan fingerprint density at radius 1 is 1.29 bits per heavy atom. The maximum Gasteiger partial charge on any atom is 0.335 e. The molecule has 126 valence electrons. The zero-order valence-corrected chi connectivity index (χ0v) is 13.9. The Hall–Kier alpha value is -2.63. The predicted octanol–water partition coefficient (Wildman–Crippen LogP) is 3.51. The van der Waals surface area contributed by atoms with Gasteiger partial charge in [-0.3, -0.25) is 0 Å². The molecule has 0 radical (unpaired) electrons. The Balaban J connectivity index is 1.79. The van der Waals surface area contributed by atoms with Crippen LogP contribution in [-0.4, -0.2) is 34.1 Å². The number of piperidine rings is 1. The topological polar surface area (TPSA) is 75.6 Å². The Bertz CT molecular complexity index is 731. The molecule has 0 spiro atoms. The maximum absolute atomic E-state index is 10.9. The van der Waals surface area contributed by atoms with E-state index in [4.69, 9.17) is 9.84 Å². The van der Waals surface area contributed by atoms with Gasteiger partial charge >= 0.3 is 5.97 Å². The number of aryl methyl sites for hydroxylation is 1. The summed E-state index contributed by atoms with van der Waals surface area (Å²) in [6.45, 7) is 6.07. The molecular weight excluding hydrogens is 306 g/mol. The van der Waals surface area contributed by atoms with Crippen molar-refractivity contribution in [1.82, 2.24) is 9.97 Å². The van der Waals surface area contributed by atoms with E-state index in [1.807, 2.05) is 6.92 Å². The van der Waals surface area contributed by atoms with Crippen LogP contribution in [0.25, 0.3) is 0 Å². The average Bonchev–Trinajstić information content (AvgIpc) is 2.55. The number of carboxylic acid groups (broad SMARTS) is 1. The summed E-state index contributed by atoms with van der Waals surface area (Å²) in [7, 11) is 0. The van der Waals surface area contributed by atoms with Crippen molar-refractivity contribution in [2.75, 3.05) is 18.0 Å². The van der Waals surface area contributed by atoms with Crippen molar-refractivity contribution in [3.8, 4) is 11.6 Å². The molecule has 1 aromatic heterocycles. The molecule has 6 heteroatoms. The first-order valence-electron chi connectivity index (χ1n) is 8.13. The molecule has 1 aliphatic heterocycles. The monoisotopic (exact) mass is 327 g/mol. The standard InChI is InChI=1S/C18H21N3O3/c1-12-4-3-9-21(11-12)18-19-13(2)10-16(20-18)24-15-7-5-14(6-8-15)17(22)23/h5-8,10,12H,3-4,9,11H2,1-2H3,(H,22,23). The fourth-order valence-corrected chi connectivity index (χ4v) is 2.88. The lowest BCUT2D eigenvalue weighted by Crippen LogP contribution is -2.35. The van der Waals surface area contributed by atoms with Gasteiger partial charge in [0, 0.05) is 24.8 Å². The van der Waals surface area contributed by atoms with Crippen molar-refractivity contribution >= 4 is 11.9 Å². The van der Waals surface area contributed by atoms with Crippen LogP contribution in [0.3, 0.4) is 0 Å². The highest BCUT2D eigenvalue weighted by molar-refractivity contribution is 5.87. The second-order valence-corrected chi connectivity index (χ2v) is 6.27. The molecule has 1 aromatic carbocycles.